The number of alkyl halides is 1. The molecule has 2 unspecified atom stereocenters. The Morgan fingerprint density at radius 3 is 2.74 bits per heavy atom. The molecular formula is C19H27ClN2O. The number of benzene rings is 1. The van der Waals surface area contributed by atoms with Crippen LogP contribution in [0.15, 0.2) is 24.3 Å². The highest BCUT2D eigenvalue weighted by atomic mass is 35.5. The van der Waals surface area contributed by atoms with Crippen LogP contribution < -0.4 is 10.2 Å². The molecule has 1 N–H and O–H groups in total. The van der Waals surface area contributed by atoms with E-state index in [1.54, 1.807) is 0 Å². The maximum absolute atomic E-state index is 12.0. The van der Waals surface area contributed by atoms with Gasteiger partial charge in [0, 0.05) is 42.5 Å². The highest BCUT2D eigenvalue weighted by Gasteiger charge is 2.58. The minimum absolute atomic E-state index is 0.0718. The van der Waals surface area contributed by atoms with Gasteiger partial charge in [-0.15, -0.1) is 11.6 Å². The fourth-order valence-electron chi connectivity index (χ4n) is 4.84. The topological polar surface area (TPSA) is 32.3 Å². The molecule has 23 heavy (non-hydrogen) atoms. The zero-order valence-electron chi connectivity index (χ0n) is 14.5. The molecule has 1 fully saturated rings. The van der Waals surface area contributed by atoms with Crippen LogP contribution in [0.25, 0.3) is 0 Å². The van der Waals surface area contributed by atoms with Gasteiger partial charge in [-0.2, -0.15) is 0 Å². The summed E-state index contributed by atoms with van der Waals surface area (Å²) in [5.74, 6) is 0.455. The number of amides is 1. The van der Waals surface area contributed by atoms with Crippen LogP contribution in [0.4, 0.5) is 5.69 Å². The average Bonchev–Trinajstić information content (AvgIpc) is 2.71. The molecule has 1 aromatic carbocycles. The summed E-state index contributed by atoms with van der Waals surface area (Å²) in [5, 5.41) is 3.20. The molecule has 126 valence electrons. The zero-order chi connectivity index (χ0) is 16.8. The second-order valence-corrected chi connectivity index (χ2v) is 8.25. The summed E-state index contributed by atoms with van der Waals surface area (Å²) in [4.78, 5) is 14.4. The van der Waals surface area contributed by atoms with E-state index in [9.17, 15) is 4.79 Å². The van der Waals surface area contributed by atoms with Gasteiger partial charge in [0.05, 0.1) is 0 Å². The van der Waals surface area contributed by atoms with E-state index in [1.165, 1.54) is 11.3 Å². The van der Waals surface area contributed by atoms with Gasteiger partial charge in [0.15, 0.2) is 0 Å². The molecule has 1 amide bonds. The van der Waals surface area contributed by atoms with Crippen molar-refractivity contribution in [3.63, 3.8) is 0 Å². The molecule has 1 aromatic rings. The number of para-hydroxylation sites is 1. The van der Waals surface area contributed by atoms with Gasteiger partial charge in [0.1, 0.15) is 0 Å². The molecule has 3 rings (SSSR count). The normalized spacial score (nSPS) is 31.4. The highest BCUT2D eigenvalue weighted by molar-refractivity contribution is 6.18. The molecule has 3 atom stereocenters. The summed E-state index contributed by atoms with van der Waals surface area (Å²) in [7, 11) is 2.19. The number of fused-ring (bicyclic) bond motifs is 3. The van der Waals surface area contributed by atoms with Crippen LogP contribution in [-0.2, 0) is 10.2 Å². The first-order valence-electron chi connectivity index (χ1n) is 8.49. The third kappa shape index (κ3) is 2.44. The van der Waals surface area contributed by atoms with E-state index in [0.717, 1.165) is 12.8 Å². The number of hydrogen-bond donors (Lipinski definition) is 1. The molecule has 1 aliphatic heterocycles. The van der Waals surface area contributed by atoms with Crippen LogP contribution in [0.5, 0.6) is 0 Å². The van der Waals surface area contributed by atoms with Gasteiger partial charge in [-0.3, -0.25) is 4.79 Å². The molecule has 1 aliphatic carbocycles. The Hall–Kier alpha value is -1.22. The minimum atomic E-state index is 0.0718. The lowest BCUT2D eigenvalue weighted by molar-refractivity contribution is -0.122. The van der Waals surface area contributed by atoms with Gasteiger partial charge in [-0.1, -0.05) is 39.0 Å². The Labute approximate surface area is 144 Å². The Kier molecular flexibility index (Phi) is 4.12. The predicted octanol–water partition coefficient (Wildman–Crippen LogP) is 3.70. The van der Waals surface area contributed by atoms with Crippen molar-refractivity contribution in [1.82, 2.24) is 5.32 Å². The van der Waals surface area contributed by atoms with Crippen molar-refractivity contribution in [2.24, 2.45) is 5.41 Å². The molecule has 1 saturated carbocycles. The van der Waals surface area contributed by atoms with E-state index in [-0.39, 0.29) is 22.8 Å². The Balaban J connectivity index is 1.92. The fourth-order valence-corrected chi connectivity index (χ4v) is 5.01. The summed E-state index contributed by atoms with van der Waals surface area (Å²) in [6.07, 6.45) is 2.38. The summed E-state index contributed by atoms with van der Waals surface area (Å²) in [5.41, 5.74) is 2.99. The number of halogens is 1. The molecular weight excluding hydrogens is 308 g/mol. The summed E-state index contributed by atoms with van der Waals surface area (Å²) >= 11 is 5.70. The van der Waals surface area contributed by atoms with Gasteiger partial charge in [0.2, 0.25) is 5.91 Å². The number of carbonyl (C=O) groups excluding carboxylic acids is 1. The van der Waals surface area contributed by atoms with Crippen molar-refractivity contribution < 1.29 is 4.79 Å². The molecule has 0 radical (unpaired) electrons. The van der Waals surface area contributed by atoms with Gasteiger partial charge >= 0.3 is 0 Å². The van der Waals surface area contributed by atoms with E-state index in [2.05, 4.69) is 62.3 Å². The average molecular weight is 335 g/mol. The van der Waals surface area contributed by atoms with Crippen LogP contribution in [0.3, 0.4) is 0 Å². The van der Waals surface area contributed by atoms with E-state index < -0.39 is 0 Å². The van der Waals surface area contributed by atoms with Crippen molar-refractivity contribution in [1.29, 1.82) is 0 Å². The van der Waals surface area contributed by atoms with Gasteiger partial charge in [-0.25, -0.2) is 0 Å². The first-order chi connectivity index (χ1) is 10.8. The molecule has 0 saturated heterocycles. The zero-order valence-corrected chi connectivity index (χ0v) is 15.3. The number of nitrogens with one attached hydrogen (secondary N) is 1. The lowest BCUT2D eigenvalue weighted by atomic mass is 9.54. The molecule has 0 spiro atoms. The molecule has 1 heterocycles. The second kappa shape index (κ2) is 5.70. The van der Waals surface area contributed by atoms with E-state index in [1.807, 2.05) is 0 Å². The van der Waals surface area contributed by atoms with E-state index >= 15 is 0 Å². The lowest BCUT2D eigenvalue weighted by Crippen LogP contribution is -2.59. The first-order valence-corrected chi connectivity index (χ1v) is 9.02. The Morgan fingerprint density at radius 2 is 2.04 bits per heavy atom. The van der Waals surface area contributed by atoms with Gasteiger partial charge in [0.25, 0.3) is 0 Å². The number of anilines is 1. The van der Waals surface area contributed by atoms with Gasteiger partial charge < -0.3 is 10.2 Å². The molecule has 3 nitrogen and oxygen atoms in total. The largest absolute Gasteiger partial charge is 0.370 e. The Bertz CT molecular complexity index is 615. The van der Waals surface area contributed by atoms with Crippen LogP contribution in [0.1, 0.15) is 45.6 Å². The van der Waals surface area contributed by atoms with Crippen molar-refractivity contribution in [2.45, 2.75) is 57.5 Å². The monoisotopic (exact) mass is 334 g/mol. The number of nitrogens with zero attached hydrogens (tertiary/aromatic N) is 1. The SMILES string of the molecule is CN1c2ccccc2C2(C)C1C[C@@H](NC(=O)CCCl)CC2(C)C. The second-order valence-electron chi connectivity index (χ2n) is 7.87. The van der Waals surface area contributed by atoms with Crippen LogP contribution in [-0.4, -0.2) is 30.9 Å². The third-order valence-corrected chi connectivity index (χ3v) is 6.52. The minimum Gasteiger partial charge on any atom is -0.370 e. The number of rotatable bonds is 3. The number of hydrogen-bond acceptors (Lipinski definition) is 2. The predicted molar refractivity (Wildman–Crippen MR) is 96.3 cm³/mol. The van der Waals surface area contributed by atoms with Crippen LogP contribution in [0, 0.1) is 5.41 Å². The van der Waals surface area contributed by atoms with Crippen molar-refractivity contribution in [2.75, 3.05) is 17.8 Å². The van der Waals surface area contributed by atoms with E-state index in [0.29, 0.717) is 18.3 Å². The summed E-state index contributed by atoms with van der Waals surface area (Å²) < 4.78 is 0. The first kappa shape index (κ1) is 16.6. The quantitative estimate of drug-likeness (QED) is 0.855. The van der Waals surface area contributed by atoms with Crippen molar-refractivity contribution in [3.05, 3.63) is 29.8 Å². The van der Waals surface area contributed by atoms with Gasteiger partial charge in [-0.05, 0) is 29.9 Å². The standard InChI is InChI=1S/C19H27ClN2O/c1-18(2)12-13(21-17(23)9-10-20)11-16-19(18,3)14-7-5-6-8-15(14)22(16)4/h5-8,13,16H,9-12H2,1-4H3,(H,21,23)/t13-,16?,19?/m1/s1. The third-order valence-electron chi connectivity index (χ3n) is 6.33. The summed E-state index contributed by atoms with van der Waals surface area (Å²) in [6.45, 7) is 7.09. The van der Waals surface area contributed by atoms with E-state index in [4.69, 9.17) is 11.6 Å². The smallest absolute Gasteiger partial charge is 0.221 e. The Morgan fingerprint density at radius 1 is 1.35 bits per heavy atom. The van der Waals surface area contributed by atoms with Crippen LogP contribution in [0.2, 0.25) is 0 Å². The highest BCUT2D eigenvalue weighted by Crippen LogP contribution is 2.59. The van der Waals surface area contributed by atoms with Crippen LogP contribution >= 0.6 is 11.6 Å². The summed E-state index contributed by atoms with van der Waals surface area (Å²) in [6, 6.07) is 9.38. The molecule has 0 aromatic heterocycles. The molecule has 0 bridgehead atoms. The van der Waals surface area contributed by atoms with Crippen molar-refractivity contribution in [3.8, 4) is 0 Å². The maximum Gasteiger partial charge on any atom is 0.221 e. The molecule has 2 aliphatic rings. The lowest BCUT2D eigenvalue weighted by Gasteiger charge is -2.53. The fraction of sp³-hybridized carbons (Fsp3) is 0.632. The number of likely N-dealkylation sites (N-methyl/N-ethyl adjacent to an activating group) is 1. The van der Waals surface area contributed by atoms with Crippen molar-refractivity contribution >= 4 is 23.2 Å². The maximum atomic E-state index is 12.0. The molecule has 4 heteroatoms. The number of carbonyl (C=O) groups is 1.